The maximum absolute atomic E-state index is 9.56. The topological polar surface area (TPSA) is 35.9 Å². The Bertz CT molecular complexity index is 730. The first-order valence-corrected chi connectivity index (χ1v) is 9.85. The van der Waals surface area contributed by atoms with Crippen LogP contribution in [0.15, 0.2) is 42.5 Å². The highest BCUT2D eigenvalue weighted by atomic mass is 16.5. The molecule has 1 heterocycles. The van der Waals surface area contributed by atoms with Crippen LogP contribution in [-0.2, 0) is 13.1 Å². The fourth-order valence-electron chi connectivity index (χ4n) is 3.96. The Balaban J connectivity index is 1.63. The van der Waals surface area contributed by atoms with E-state index in [4.69, 9.17) is 4.74 Å². The van der Waals surface area contributed by atoms with Crippen molar-refractivity contribution in [2.45, 2.75) is 39.4 Å². The van der Waals surface area contributed by atoms with Crippen molar-refractivity contribution in [1.82, 2.24) is 9.80 Å². The number of benzene rings is 2. The summed E-state index contributed by atoms with van der Waals surface area (Å²) in [5.74, 6) is 0.938. The number of hydrogen-bond donors (Lipinski definition) is 1. The molecule has 4 heteroatoms. The van der Waals surface area contributed by atoms with Crippen LogP contribution in [0.3, 0.4) is 0 Å². The Morgan fingerprint density at radius 1 is 1.00 bits per heavy atom. The molecule has 1 atom stereocenters. The number of aliphatic hydroxyl groups excluding tert-OH is 1. The van der Waals surface area contributed by atoms with E-state index < -0.39 is 0 Å². The Hall–Kier alpha value is -1.88. The van der Waals surface area contributed by atoms with Crippen LogP contribution < -0.4 is 4.74 Å². The predicted octanol–water partition coefficient (Wildman–Crippen LogP) is 3.38. The Morgan fingerprint density at radius 3 is 2.41 bits per heavy atom. The van der Waals surface area contributed by atoms with Gasteiger partial charge in [-0.1, -0.05) is 42.0 Å². The Kier molecular flexibility index (Phi) is 6.89. The van der Waals surface area contributed by atoms with Gasteiger partial charge in [-0.2, -0.15) is 0 Å². The molecule has 0 amide bonds. The van der Waals surface area contributed by atoms with E-state index in [1.807, 2.05) is 0 Å². The molecule has 1 aliphatic rings. The highest BCUT2D eigenvalue weighted by Gasteiger charge is 2.26. The van der Waals surface area contributed by atoms with Gasteiger partial charge in [0, 0.05) is 45.4 Å². The van der Waals surface area contributed by atoms with Crippen LogP contribution in [0.2, 0.25) is 0 Å². The maximum atomic E-state index is 9.56. The van der Waals surface area contributed by atoms with E-state index in [1.165, 1.54) is 22.3 Å². The number of nitrogens with zero attached hydrogens (tertiary/aromatic N) is 2. The Labute approximate surface area is 163 Å². The van der Waals surface area contributed by atoms with Crippen LogP contribution in [0.25, 0.3) is 0 Å². The lowest BCUT2D eigenvalue weighted by Gasteiger charge is -2.41. The quantitative estimate of drug-likeness (QED) is 0.813. The monoisotopic (exact) mass is 368 g/mol. The summed E-state index contributed by atoms with van der Waals surface area (Å²) in [6, 6.07) is 15.6. The van der Waals surface area contributed by atoms with Gasteiger partial charge in [0.1, 0.15) is 5.75 Å². The molecule has 0 aliphatic carbocycles. The molecular weight excluding hydrogens is 336 g/mol. The van der Waals surface area contributed by atoms with Crippen molar-refractivity contribution >= 4 is 0 Å². The van der Waals surface area contributed by atoms with Gasteiger partial charge in [0.15, 0.2) is 0 Å². The zero-order valence-electron chi connectivity index (χ0n) is 16.8. The summed E-state index contributed by atoms with van der Waals surface area (Å²) >= 11 is 0. The minimum Gasteiger partial charge on any atom is -0.496 e. The average molecular weight is 369 g/mol. The van der Waals surface area contributed by atoms with Gasteiger partial charge in [-0.3, -0.25) is 9.80 Å². The number of aliphatic hydroxyl groups is 1. The fourth-order valence-corrected chi connectivity index (χ4v) is 3.96. The van der Waals surface area contributed by atoms with Gasteiger partial charge in [-0.05, 0) is 43.0 Å². The standard InChI is InChI=1S/C23H32N2O2/c1-18-4-6-20(7-5-18)15-24-11-12-25(22(17-24)10-13-26)16-21-8-9-23(27-3)19(2)14-21/h4-9,14,22,26H,10-13,15-17H2,1-3H3. The second-order valence-electron chi connectivity index (χ2n) is 7.66. The molecule has 1 unspecified atom stereocenters. The van der Waals surface area contributed by atoms with Crippen molar-refractivity contribution in [3.8, 4) is 5.75 Å². The summed E-state index contributed by atoms with van der Waals surface area (Å²) in [5, 5.41) is 9.56. The molecule has 2 aromatic rings. The van der Waals surface area contributed by atoms with Crippen LogP contribution in [0, 0.1) is 13.8 Å². The average Bonchev–Trinajstić information content (AvgIpc) is 2.66. The van der Waals surface area contributed by atoms with Crippen LogP contribution >= 0.6 is 0 Å². The van der Waals surface area contributed by atoms with E-state index in [2.05, 4.69) is 66.1 Å². The van der Waals surface area contributed by atoms with Crippen molar-refractivity contribution in [2.24, 2.45) is 0 Å². The number of piperazine rings is 1. The summed E-state index contributed by atoms with van der Waals surface area (Å²) in [4.78, 5) is 5.03. The SMILES string of the molecule is COc1ccc(CN2CCN(Cc3ccc(C)cc3)CC2CCO)cc1C. The lowest BCUT2D eigenvalue weighted by atomic mass is 10.0. The van der Waals surface area contributed by atoms with Crippen LogP contribution in [-0.4, -0.2) is 54.3 Å². The van der Waals surface area contributed by atoms with E-state index in [-0.39, 0.29) is 6.61 Å². The molecule has 0 radical (unpaired) electrons. The maximum Gasteiger partial charge on any atom is 0.121 e. The van der Waals surface area contributed by atoms with Gasteiger partial charge in [-0.25, -0.2) is 0 Å². The minimum absolute atomic E-state index is 0.237. The van der Waals surface area contributed by atoms with Crippen molar-refractivity contribution < 1.29 is 9.84 Å². The van der Waals surface area contributed by atoms with Crippen LogP contribution in [0.4, 0.5) is 0 Å². The molecule has 3 rings (SSSR count). The van der Waals surface area contributed by atoms with E-state index in [9.17, 15) is 5.11 Å². The smallest absolute Gasteiger partial charge is 0.121 e. The lowest BCUT2D eigenvalue weighted by molar-refractivity contribution is 0.0499. The molecule has 0 spiro atoms. The predicted molar refractivity (Wildman–Crippen MR) is 110 cm³/mol. The number of ether oxygens (including phenoxy) is 1. The number of aryl methyl sites for hydroxylation is 2. The minimum atomic E-state index is 0.237. The molecule has 0 bridgehead atoms. The van der Waals surface area contributed by atoms with Crippen molar-refractivity contribution in [3.05, 3.63) is 64.7 Å². The zero-order chi connectivity index (χ0) is 19.2. The third-order valence-electron chi connectivity index (χ3n) is 5.52. The zero-order valence-corrected chi connectivity index (χ0v) is 16.8. The van der Waals surface area contributed by atoms with Gasteiger partial charge in [-0.15, -0.1) is 0 Å². The van der Waals surface area contributed by atoms with E-state index in [0.29, 0.717) is 6.04 Å². The van der Waals surface area contributed by atoms with Crippen LogP contribution in [0.5, 0.6) is 5.75 Å². The molecule has 4 nitrogen and oxygen atoms in total. The number of hydrogen-bond acceptors (Lipinski definition) is 4. The van der Waals surface area contributed by atoms with E-state index >= 15 is 0 Å². The van der Waals surface area contributed by atoms with Gasteiger partial charge in [0.25, 0.3) is 0 Å². The third kappa shape index (κ3) is 5.32. The summed E-state index contributed by atoms with van der Waals surface area (Å²) in [5.41, 5.74) is 5.15. The molecule has 2 aromatic carbocycles. The highest BCUT2D eigenvalue weighted by Crippen LogP contribution is 2.22. The summed E-state index contributed by atoms with van der Waals surface area (Å²) in [6.07, 6.45) is 0.819. The van der Waals surface area contributed by atoms with Crippen molar-refractivity contribution in [3.63, 3.8) is 0 Å². The highest BCUT2D eigenvalue weighted by molar-refractivity contribution is 5.36. The molecule has 0 saturated carbocycles. The molecule has 1 fully saturated rings. The van der Waals surface area contributed by atoms with Gasteiger partial charge in [0.05, 0.1) is 7.11 Å². The van der Waals surface area contributed by atoms with Crippen molar-refractivity contribution in [1.29, 1.82) is 0 Å². The molecule has 0 aromatic heterocycles. The van der Waals surface area contributed by atoms with Gasteiger partial charge in [0.2, 0.25) is 0 Å². The normalized spacial score (nSPS) is 18.6. The largest absolute Gasteiger partial charge is 0.496 e. The van der Waals surface area contributed by atoms with E-state index in [1.54, 1.807) is 7.11 Å². The molecule has 1 saturated heterocycles. The molecule has 146 valence electrons. The van der Waals surface area contributed by atoms with E-state index in [0.717, 1.165) is 44.9 Å². The first-order valence-electron chi connectivity index (χ1n) is 9.85. The van der Waals surface area contributed by atoms with Crippen molar-refractivity contribution in [2.75, 3.05) is 33.4 Å². The summed E-state index contributed by atoms with van der Waals surface area (Å²) in [7, 11) is 1.71. The van der Waals surface area contributed by atoms with Crippen LogP contribution in [0.1, 0.15) is 28.7 Å². The van der Waals surface area contributed by atoms with Gasteiger partial charge >= 0.3 is 0 Å². The molecular formula is C23H32N2O2. The number of rotatable bonds is 7. The Morgan fingerprint density at radius 2 is 1.74 bits per heavy atom. The molecule has 27 heavy (non-hydrogen) atoms. The second-order valence-corrected chi connectivity index (χ2v) is 7.66. The summed E-state index contributed by atoms with van der Waals surface area (Å²) < 4.78 is 5.37. The first kappa shape index (κ1) is 19.9. The lowest BCUT2D eigenvalue weighted by Crippen LogP contribution is -2.52. The number of methoxy groups -OCH3 is 1. The van der Waals surface area contributed by atoms with Gasteiger partial charge < -0.3 is 9.84 Å². The summed E-state index contributed by atoms with van der Waals surface area (Å²) in [6.45, 7) is 9.45. The third-order valence-corrected chi connectivity index (χ3v) is 5.52. The molecule has 1 N–H and O–H groups in total. The molecule has 1 aliphatic heterocycles. The fraction of sp³-hybridized carbons (Fsp3) is 0.478. The first-order chi connectivity index (χ1) is 13.1. The second kappa shape index (κ2) is 9.36.